The number of nitriles is 1. The average molecular weight is 219 g/mol. The quantitative estimate of drug-likeness (QED) is 0.753. The summed E-state index contributed by atoms with van der Waals surface area (Å²) in [7, 11) is 0. The van der Waals surface area contributed by atoms with Crippen molar-refractivity contribution in [2.24, 2.45) is 5.92 Å². The van der Waals surface area contributed by atoms with Crippen LogP contribution in [0.5, 0.6) is 0 Å². The van der Waals surface area contributed by atoms with E-state index in [-0.39, 0.29) is 11.7 Å². The molecule has 86 valence electrons. The van der Waals surface area contributed by atoms with Crippen LogP contribution < -0.4 is 0 Å². The molecule has 0 aliphatic heterocycles. The van der Waals surface area contributed by atoms with Gasteiger partial charge >= 0.3 is 0 Å². The minimum Gasteiger partial charge on any atom is -0.207 e. The number of hydrogen-bond acceptors (Lipinski definition) is 1. The van der Waals surface area contributed by atoms with Crippen molar-refractivity contribution in [3.8, 4) is 6.07 Å². The van der Waals surface area contributed by atoms with E-state index >= 15 is 0 Å². The smallest absolute Gasteiger partial charge is 0.127 e. The SMILES string of the molecule is CC(C)Cc1cc(F)c(C(C)C)cc1C#N. The van der Waals surface area contributed by atoms with Crippen molar-refractivity contribution in [1.29, 1.82) is 5.26 Å². The van der Waals surface area contributed by atoms with E-state index in [1.165, 1.54) is 6.07 Å². The van der Waals surface area contributed by atoms with Crippen molar-refractivity contribution in [2.45, 2.75) is 40.0 Å². The fourth-order valence-corrected chi connectivity index (χ4v) is 1.79. The van der Waals surface area contributed by atoms with Gasteiger partial charge in [-0.15, -0.1) is 0 Å². The average Bonchev–Trinajstić information content (AvgIpc) is 2.16. The third-order valence-corrected chi connectivity index (χ3v) is 2.59. The first-order valence-corrected chi connectivity index (χ1v) is 5.68. The lowest BCUT2D eigenvalue weighted by Gasteiger charge is -2.12. The van der Waals surface area contributed by atoms with Gasteiger partial charge in [0.15, 0.2) is 0 Å². The molecule has 0 fully saturated rings. The first-order chi connectivity index (χ1) is 7.45. The van der Waals surface area contributed by atoms with Crippen LogP contribution in [0.1, 0.15) is 50.3 Å². The molecule has 0 heterocycles. The summed E-state index contributed by atoms with van der Waals surface area (Å²) >= 11 is 0. The second-order valence-electron chi connectivity index (χ2n) is 4.90. The molecule has 0 atom stereocenters. The molecule has 16 heavy (non-hydrogen) atoms. The number of halogens is 1. The van der Waals surface area contributed by atoms with E-state index < -0.39 is 0 Å². The summed E-state index contributed by atoms with van der Waals surface area (Å²) < 4.78 is 13.8. The molecule has 0 aliphatic carbocycles. The molecule has 2 heteroatoms. The highest BCUT2D eigenvalue weighted by molar-refractivity contribution is 5.42. The van der Waals surface area contributed by atoms with E-state index in [9.17, 15) is 4.39 Å². The Morgan fingerprint density at radius 3 is 2.31 bits per heavy atom. The van der Waals surface area contributed by atoms with Crippen molar-refractivity contribution in [3.63, 3.8) is 0 Å². The van der Waals surface area contributed by atoms with E-state index in [1.807, 2.05) is 13.8 Å². The third kappa shape index (κ3) is 2.82. The Bertz CT molecular complexity index is 413. The molecule has 0 radical (unpaired) electrons. The zero-order valence-electron chi connectivity index (χ0n) is 10.3. The molecule has 1 nitrogen and oxygen atoms in total. The molecule has 1 rings (SSSR count). The number of benzene rings is 1. The topological polar surface area (TPSA) is 23.8 Å². The van der Waals surface area contributed by atoms with Crippen LogP contribution >= 0.6 is 0 Å². The van der Waals surface area contributed by atoms with Crippen LogP contribution in [-0.2, 0) is 6.42 Å². The van der Waals surface area contributed by atoms with Gasteiger partial charge in [0.2, 0.25) is 0 Å². The molecule has 0 amide bonds. The van der Waals surface area contributed by atoms with Crippen molar-refractivity contribution < 1.29 is 4.39 Å². The molecule has 1 aromatic carbocycles. The van der Waals surface area contributed by atoms with Gasteiger partial charge in [0.05, 0.1) is 11.6 Å². The van der Waals surface area contributed by atoms with Gasteiger partial charge in [-0.25, -0.2) is 4.39 Å². The Kier molecular flexibility index (Phi) is 4.06. The highest BCUT2D eigenvalue weighted by Gasteiger charge is 2.13. The third-order valence-electron chi connectivity index (χ3n) is 2.59. The minimum atomic E-state index is -0.190. The molecule has 0 bridgehead atoms. The summed E-state index contributed by atoms with van der Waals surface area (Å²) in [6.45, 7) is 7.99. The summed E-state index contributed by atoms with van der Waals surface area (Å²) in [4.78, 5) is 0. The molecule has 0 aromatic heterocycles. The van der Waals surface area contributed by atoms with E-state index in [2.05, 4.69) is 19.9 Å². The highest BCUT2D eigenvalue weighted by Crippen LogP contribution is 2.24. The second-order valence-corrected chi connectivity index (χ2v) is 4.90. The van der Waals surface area contributed by atoms with Crippen LogP contribution in [0.25, 0.3) is 0 Å². The standard InChI is InChI=1S/C14H18FN/c1-9(2)5-11-7-14(15)13(10(3)4)6-12(11)8-16/h6-7,9-10H,5H2,1-4H3. The maximum absolute atomic E-state index is 13.8. The van der Waals surface area contributed by atoms with Crippen LogP contribution in [0.3, 0.4) is 0 Å². The Hall–Kier alpha value is -1.36. The first kappa shape index (κ1) is 12.7. The largest absolute Gasteiger partial charge is 0.207 e. The Balaban J connectivity index is 3.22. The van der Waals surface area contributed by atoms with Gasteiger partial charge in [0.1, 0.15) is 5.82 Å². The van der Waals surface area contributed by atoms with Gasteiger partial charge in [0, 0.05) is 0 Å². The van der Waals surface area contributed by atoms with E-state index in [1.54, 1.807) is 6.07 Å². The van der Waals surface area contributed by atoms with Crippen LogP contribution in [0.15, 0.2) is 12.1 Å². The molecule has 0 N–H and O–H groups in total. The van der Waals surface area contributed by atoms with E-state index in [0.717, 1.165) is 12.0 Å². The lowest BCUT2D eigenvalue weighted by molar-refractivity contribution is 0.588. The molecule has 0 saturated heterocycles. The van der Waals surface area contributed by atoms with Crippen LogP contribution in [0.2, 0.25) is 0 Å². The summed E-state index contributed by atoms with van der Waals surface area (Å²) in [6, 6.07) is 5.37. The molecule has 0 unspecified atom stereocenters. The van der Waals surface area contributed by atoms with Crippen molar-refractivity contribution in [2.75, 3.05) is 0 Å². The van der Waals surface area contributed by atoms with Gasteiger partial charge in [-0.1, -0.05) is 27.7 Å². The summed E-state index contributed by atoms with van der Waals surface area (Å²) in [5.41, 5.74) is 2.06. The summed E-state index contributed by atoms with van der Waals surface area (Å²) in [6.07, 6.45) is 0.748. The van der Waals surface area contributed by atoms with Crippen molar-refractivity contribution >= 4 is 0 Å². The molecule has 0 saturated carbocycles. The predicted octanol–water partition coefficient (Wildman–Crippen LogP) is 4.02. The van der Waals surface area contributed by atoms with E-state index in [0.29, 0.717) is 17.0 Å². The van der Waals surface area contributed by atoms with Crippen molar-refractivity contribution in [1.82, 2.24) is 0 Å². The molecule has 1 aromatic rings. The van der Waals surface area contributed by atoms with Gasteiger partial charge in [-0.05, 0) is 41.5 Å². The van der Waals surface area contributed by atoms with Gasteiger partial charge in [0.25, 0.3) is 0 Å². The van der Waals surface area contributed by atoms with Crippen LogP contribution in [-0.4, -0.2) is 0 Å². The lowest BCUT2D eigenvalue weighted by atomic mass is 9.93. The monoisotopic (exact) mass is 219 g/mol. The van der Waals surface area contributed by atoms with Crippen LogP contribution in [0, 0.1) is 23.1 Å². The number of rotatable bonds is 3. The zero-order chi connectivity index (χ0) is 12.3. The Morgan fingerprint density at radius 2 is 1.88 bits per heavy atom. The first-order valence-electron chi connectivity index (χ1n) is 5.68. The minimum absolute atomic E-state index is 0.111. The fourth-order valence-electron chi connectivity index (χ4n) is 1.79. The molecule has 0 aliphatic rings. The number of nitrogens with zero attached hydrogens (tertiary/aromatic N) is 1. The second kappa shape index (κ2) is 5.12. The van der Waals surface area contributed by atoms with Crippen molar-refractivity contribution in [3.05, 3.63) is 34.6 Å². The van der Waals surface area contributed by atoms with Gasteiger partial charge in [-0.2, -0.15) is 5.26 Å². The fraction of sp³-hybridized carbons (Fsp3) is 0.500. The van der Waals surface area contributed by atoms with Crippen LogP contribution in [0.4, 0.5) is 4.39 Å². The van der Waals surface area contributed by atoms with Gasteiger partial charge in [-0.3, -0.25) is 0 Å². The summed E-state index contributed by atoms with van der Waals surface area (Å²) in [5.74, 6) is 0.348. The molecular formula is C14H18FN. The summed E-state index contributed by atoms with van der Waals surface area (Å²) in [5, 5.41) is 9.06. The molecule has 0 spiro atoms. The van der Waals surface area contributed by atoms with E-state index in [4.69, 9.17) is 5.26 Å². The molecular weight excluding hydrogens is 201 g/mol. The Labute approximate surface area is 96.9 Å². The maximum atomic E-state index is 13.8. The lowest BCUT2D eigenvalue weighted by Crippen LogP contribution is -2.02. The normalized spacial score (nSPS) is 10.9. The maximum Gasteiger partial charge on any atom is 0.127 e. The Morgan fingerprint density at radius 1 is 1.25 bits per heavy atom. The zero-order valence-corrected chi connectivity index (χ0v) is 10.3. The highest BCUT2D eigenvalue weighted by atomic mass is 19.1. The van der Waals surface area contributed by atoms with Gasteiger partial charge < -0.3 is 0 Å². The number of hydrogen-bond donors (Lipinski definition) is 0. The predicted molar refractivity (Wildman–Crippen MR) is 63.7 cm³/mol.